The van der Waals surface area contributed by atoms with E-state index in [0.717, 1.165) is 0 Å². The first-order chi connectivity index (χ1) is 18.0. The van der Waals surface area contributed by atoms with Gasteiger partial charge in [0.15, 0.2) is 6.23 Å². The molecule has 1 aromatic heterocycles. The molecular formula is C26H30ClF3N4O4. The fourth-order valence-electron chi connectivity index (χ4n) is 5.99. The number of nitrogens with zero attached hydrogens (tertiary/aromatic N) is 2. The molecule has 1 amide bonds. The first-order valence-electron chi connectivity index (χ1n) is 12.6. The fraction of sp³-hybridized carbons (Fsp3) is 0.538. The molecular weight excluding hydrogens is 525 g/mol. The van der Waals surface area contributed by atoms with Crippen molar-refractivity contribution < 1.29 is 32.6 Å². The fourth-order valence-corrected chi connectivity index (χ4v) is 6.17. The summed E-state index contributed by atoms with van der Waals surface area (Å²) in [6, 6.07) is 3.93. The van der Waals surface area contributed by atoms with Crippen LogP contribution in [0.3, 0.4) is 0 Å². The highest BCUT2D eigenvalue weighted by Gasteiger charge is 2.58. The second kappa shape index (κ2) is 10.2. The van der Waals surface area contributed by atoms with Gasteiger partial charge in [0.25, 0.3) is 17.6 Å². The van der Waals surface area contributed by atoms with Crippen molar-refractivity contribution in [2.75, 3.05) is 38.2 Å². The third-order valence-corrected chi connectivity index (χ3v) is 7.87. The zero-order valence-corrected chi connectivity index (χ0v) is 21.7. The third kappa shape index (κ3) is 5.16. The average molecular weight is 555 g/mol. The molecule has 2 aliphatic heterocycles. The van der Waals surface area contributed by atoms with Gasteiger partial charge in [-0.1, -0.05) is 11.6 Å². The number of ether oxygens (including phenoxy) is 1. The number of benzene rings is 1. The van der Waals surface area contributed by atoms with Gasteiger partial charge in [0.05, 0.1) is 35.0 Å². The molecule has 0 bridgehead atoms. The minimum absolute atomic E-state index is 0.112. The number of anilines is 1. The van der Waals surface area contributed by atoms with Crippen molar-refractivity contribution in [1.29, 1.82) is 0 Å². The van der Waals surface area contributed by atoms with E-state index < -0.39 is 48.0 Å². The maximum atomic E-state index is 14.0. The molecule has 1 atom stereocenters. The number of halogens is 4. The molecule has 12 heteroatoms. The molecule has 8 nitrogen and oxygen atoms in total. The van der Waals surface area contributed by atoms with E-state index in [4.69, 9.17) is 16.3 Å². The number of aliphatic hydroxyl groups excluding tert-OH is 1. The Hall–Kier alpha value is -2.60. The van der Waals surface area contributed by atoms with Crippen molar-refractivity contribution in [2.24, 2.45) is 0 Å². The van der Waals surface area contributed by atoms with Crippen LogP contribution in [0.4, 0.5) is 18.9 Å². The van der Waals surface area contributed by atoms with Gasteiger partial charge in [-0.2, -0.15) is 0 Å². The van der Waals surface area contributed by atoms with Crippen LogP contribution in [-0.2, 0) is 22.5 Å². The lowest BCUT2D eigenvalue weighted by molar-refractivity contribution is -0.152. The van der Waals surface area contributed by atoms with Crippen molar-refractivity contribution in [3.8, 4) is 0 Å². The Bertz CT molecular complexity index is 1250. The Kier molecular flexibility index (Phi) is 7.23. The van der Waals surface area contributed by atoms with Gasteiger partial charge < -0.3 is 25.0 Å². The monoisotopic (exact) mass is 554 g/mol. The van der Waals surface area contributed by atoms with Gasteiger partial charge in [0.1, 0.15) is 5.82 Å². The van der Waals surface area contributed by atoms with E-state index in [-0.39, 0.29) is 17.1 Å². The van der Waals surface area contributed by atoms with E-state index in [1.807, 2.05) is 4.90 Å². The van der Waals surface area contributed by atoms with Crippen LogP contribution in [0.2, 0.25) is 5.02 Å². The Balaban J connectivity index is 1.37. The van der Waals surface area contributed by atoms with Gasteiger partial charge in [-0.25, -0.2) is 13.2 Å². The van der Waals surface area contributed by atoms with Gasteiger partial charge in [-0.05, 0) is 43.5 Å². The number of amides is 1. The highest BCUT2D eigenvalue weighted by atomic mass is 35.5. The summed E-state index contributed by atoms with van der Waals surface area (Å²) in [5, 5.41) is 16.4. The summed E-state index contributed by atoms with van der Waals surface area (Å²) < 4.78 is 48.6. The smallest absolute Gasteiger partial charge is 0.292 e. The van der Waals surface area contributed by atoms with E-state index in [1.54, 1.807) is 11.5 Å². The Morgan fingerprint density at radius 3 is 2.58 bits per heavy atom. The maximum absolute atomic E-state index is 14.0. The van der Waals surface area contributed by atoms with Crippen LogP contribution >= 0.6 is 11.6 Å². The number of aliphatic hydroxyl groups is 1. The van der Waals surface area contributed by atoms with Gasteiger partial charge in [0.2, 0.25) is 0 Å². The molecule has 0 radical (unpaired) electrons. The van der Waals surface area contributed by atoms with Crippen LogP contribution in [0.15, 0.2) is 18.2 Å². The minimum Gasteiger partial charge on any atom is -0.379 e. The number of ketones is 1. The van der Waals surface area contributed by atoms with Crippen molar-refractivity contribution in [3.63, 3.8) is 0 Å². The summed E-state index contributed by atoms with van der Waals surface area (Å²) in [4.78, 5) is 28.6. The molecule has 206 valence electrons. The Morgan fingerprint density at radius 1 is 1.21 bits per heavy atom. The number of Topliss-reactive ketones (excluding diaryl/α,β-unsaturated/α-hetero) is 1. The lowest BCUT2D eigenvalue weighted by Crippen LogP contribution is -2.68. The van der Waals surface area contributed by atoms with Crippen LogP contribution in [-0.4, -0.2) is 70.6 Å². The number of rotatable bonds is 8. The average Bonchev–Trinajstić information content (AvgIpc) is 3.39. The first kappa shape index (κ1) is 27.0. The number of carbonyl (C=O) groups excluding carboxylic acids is 2. The summed E-state index contributed by atoms with van der Waals surface area (Å²) >= 11 is 5.85. The summed E-state index contributed by atoms with van der Waals surface area (Å²) in [5.41, 5.74) is 0.813. The number of aromatic nitrogens is 1. The van der Waals surface area contributed by atoms with E-state index >= 15 is 0 Å². The largest absolute Gasteiger partial charge is 0.379 e. The maximum Gasteiger partial charge on any atom is 0.292 e. The van der Waals surface area contributed by atoms with Crippen molar-refractivity contribution in [3.05, 3.63) is 51.6 Å². The molecule has 3 heterocycles. The zero-order chi connectivity index (χ0) is 27.2. The molecule has 1 unspecified atom stereocenters. The summed E-state index contributed by atoms with van der Waals surface area (Å²) in [6.45, 7) is 4.50. The molecule has 2 fully saturated rings. The third-order valence-electron chi connectivity index (χ3n) is 7.58. The quantitative estimate of drug-likeness (QED) is 0.263. The van der Waals surface area contributed by atoms with Crippen LogP contribution in [0, 0.1) is 12.7 Å². The summed E-state index contributed by atoms with van der Waals surface area (Å²) in [5.74, 6) is -5.24. The molecule has 0 spiro atoms. The Labute approximate surface area is 223 Å². The molecule has 1 aliphatic carbocycles. The molecule has 1 aromatic carbocycles. The molecule has 38 heavy (non-hydrogen) atoms. The molecule has 3 aliphatic rings. The van der Waals surface area contributed by atoms with E-state index in [9.17, 15) is 27.9 Å². The van der Waals surface area contributed by atoms with Gasteiger partial charge in [0, 0.05) is 50.4 Å². The number of fused-ring (bicyclic) bond motifs is 1. The lowest BCUT2D eigenvalue weighted by Gasteiger charge is -2.50. The van der Waals surface area contributed by atoms with Crippen molar-refractivity contribution in [1.82, 2.24) is 14.8 Å². The van der Waals surface area contributed by atoms with Crippen LogP contribution in [0.1, 0.15) is 52.8 Å². The number of carbonyl (C=O) groups is 2. The van der Waals surface area contributed by atoms with E-state index in [1.165, 1.54) is 18.2 Å². The second-order valence-corrected chi connectivity index (χ2v) is 10.8. The summed E-state index contributed by atoms with van der Waals surface area (Å²) in [6.07, 6.45) is -1.08. The Morgan fingerprint density at radius 2 is 1.92 bits per heavy atom. The SMILES string of the molecule is Cc1c(C(=O)C(=O)NC2(CN3CCOCC3)CC(F)(F)C2)c2n(c1C(O)Nc1ccc(F)c(Cl)c1)CCC2. The predicted octanol–water partition coefficient (Wildman–Crippen LogP) is 3.44. The molecule has 3 N–H and O–H groups in total. The number of hydrogen-bond donors (Lipinski definition) is 3. The van der Waals surface area contributed by atoms with Gasteiger partial charge >= 0.3 is 0 Å². The predicted molar refractivity (Wildman–Crippen MR) is 134 cm³/mol. The van der Waals surface area contributed by atoms with E-state index in [2.05, 4.69) is 10.6 Å². The normalized spacial score (nSPS) is 20.9. The minimum atomic E-state index is -2.90. The van der Waals surface area contributed by atoms with Gasteiger partial charge in [-0.15, -0.1) is 0 Å². The molecule has 2 aromatic rings. The number of nitrogens with one attached hydrogen (secondary N) is 2. The summed E-state index contributed by atoms with van der Waals surface area (Å²) in [7, 11) is 0. The molecule has 5 rings (SSSR count). The van der Waals surface area contributed by atoms with Crippen LogP contribution in [0.5, 0.6) is 0 Å². The standard InChI is InChI=1S/C26H30ClF3N4O4/c1-15-20(19-3-2-6-34(19)21(15)23(36)31-16-4-5-18(28)17(27)11-16)22(35)24(37)32-25(12-26(29,30)13-25)14-33-7-9-38-10-8-33/h4-5,11,23,31,36H,2-3,6-10,12-14H2,1H3,(H,32,37). The topological polar surface area (TPSA) is 95.8 Å². The van der Waals surface area contributed by atoms with Gasteiger partial charge in [-0.3, -0.25) is 14.5 Å². The first-order valence-corrected chi connectivity index (χ1v) is 13.0. The lowest BCUT2D eigenvalue weighted by atomic mass is 9.72. The number of morpholine rings is 1. The highest BCUT2D eigenvalue weighted by Crippen LogP contribution is 2.46. The zero-order valence-electron chi connectivity index (χ0n) is 21.0. The number of hydrogen-bond acceptors (Lipinski definition) is 6. The highest BCUT2D eigenvalue weighted by molar-refractivity contribution is 6.43. The van der Waals surface area contributed by atoms with Crippen LogP contribution in [0.25, 0.3) is 0 Å². The molecule has 1 saturated carbocycles. The number of alkyl halides is 2. The second-order valence-electron chi connectivity index (χ2n) is 10.4. The van der Waals surface area contributed by atoms with Crippen molar-refractivity contribution >= 4 is 29.0 Å². The van der Waals surface area contributed by atoms with Crippen LogP contribution < -0.4 is 10.6 Å². The molecule has 1 saturated heterocycles. The van der Waals surface area contributed by atoms with E-state index in [0.29, 0.717) is 68.3 Å². The van der Waals surface area contributed by atoms with Crippen molar-refractivity contribution in [2.45, 2.75) is 56.8 Å².